The van der Waals surface area contributed by atoms with Crippen LogP contribution in [0.15, 0.2) is 24.8 Å². The summed E-state index contributed by atoms with van der Waals surface area (Å²) >= 11 is 0. The molecule has 0 atom stereocenters. The molecule has 2 nitrogen and oxygen atoms in total. The van der Waals surface area contributed by atoms with Crippen molar-refractivity contribution >= 4 is 0 Å². The maximum atomic E-state index is 8.33. The van der Waals surface area contributed by atoms with E-state index in [-0.39, 0.29) is 0 Å². The molecule has 0 amide bonds. The van der Waals surface area contributed by atoms with Gasteiger partial charge in [-0.1, -0.05) is 44.6 Å². The fourth-order valence-corrected chi connectivity index (χ4v) is 0.577. The fraction of sp³-hybridized carbons (Fsp3) is 0.636. The smallest absolute Gasteiger partial charge is 0.151 e. The van der Waals surface area contributed by atoms with Crippen molar-refractivity contribution in [1.82, 2.24) is 0 Å². The number of rotatable bonds is 5. The summed E-state index contributed by atoms with van der Waals surface area (Å²) in [7, 11) is 0. The van der Waals surface area contributed by atoms with Gasteiger partial charge in [-0.3, -0.25) is 0 Å². The molecule has 0 bridgehead atoms. The molecule has 0 aromatic carbocycles. The van der Waals surface area contributed by atoms with E-state index in [1.54, 1.807) is 6.08 Å². The van der Waals surface area contributed by atoms with Crippen molar-refractivity contribution in [2.45, 2.75) is 45.8 Å². The summed E-state index contributed by atoms with van der Waals surface area (Å²) in [4.78, 5) is 0. The van der Waals surface area contributed by atoms with Crippen LogP contribution in [-0.2, 0) is 0 Å². The second-order valence-electron chi connectivity index (χ2n) is 3.03. The minimum atomic E-state index is -1.10. The minimum absolute atomic E-state index is 0.522. The van der Waals surface area contributed by atoms with E-state index in [9.17, 15) is 0 Å². The molecular formula is C11H22O2. The highest BCUT2D eigenvalue weighted by molar-refractivity contribution is 5.05. The third-order valence-electron chi connectivity index (χ3n) is 1.41. The van der Waals surface area contributed by atoms with Crippen molar-refractivity contribution in [2.24, 2.45) is 0 Å². The van der Waals surface area contributed by atoms with Gasteiger partial charge in [0.15, 0.2) is 6.29 Å². The van der Waals surface area contributed by atoms with E-state index in [4.69, 9.17) is 10.2 Å². The molecule has 0 unspecified atom stereocenters. The second-order valence-corrected chi connectivity index (χ2v) is 3.03. The van der Waals surface area contributed by atoms with E-state index in [0.29, 0.717) is 6.42 Å². The van der Waals surface area contributed by atoms with Crippen molar-refractivity contribution in [3.8, 4) is 0 Å². The topological polar surface area (TPSA) is 40.5 Å². The normalized spacial score (nSPS) is 9.00. The van der Waals surface area contributed by atoms with Gasteiger partial charge in [0, 0.05) is 0 Å². The molecule has 2 heteroatoms. The molecule has 0 saturated heterocycles. The molecule has 0 aromatic rings. The van der Waals surface area contributed by atoms with Gasteiger partial charge >= 0.3 is 0 Å². The first-order chi connectivity index (χ1) is 6.04. The zero-order chi connectivity index (χ0) is 10.7. The van der Waals surface area contributed by atoms with Gasteiger partial charge in [0.25, 0.3) is 0 Å². The second kappa shape index (κ2) is 11.4. The largest absolute Gasteiger partial charge is 0.368 e. The monoisotopic (exact) mass is 186 g/mol. The summed E-state index contributed by atoms with van der Waals surface area (Å²) < 4.78 is 0. The maximum absolute atomic E-state index is 8.33. The van der Waals surface area contributed by atoms with Crippen LogP contribution in [0.2, 0.25) is 0 Å². The fourth-order valence-electron chi connectivity index (χ4n) is 0.577. The predicted molar refractivity (Wildman–Crippen MR) is 57.4 cm³/mol. The molecule has 0 rings (SSSR count). The number of hydrogen-bond acceptors (Lipinski definition) is 2. The third kappa shape index (κ3) is 24.6. The molecule has 0 spiro atoms. The van der Waals surface area contributed by atoms with Crippen LogP contribution in [0, 0.1) is 0 Å². The Labute approximate surface area is 81.6 Å². The first kappa shape index (κ1) is 14.9. The molecular weight excluding hydrogens is 164 g/mol. The standard InChI is InChI=1S/C6H14O2.C5H8/c1-2-3-4-5-6(7)8;1-4-5(2)3/h6-8H,2-5H2,1H3;4H,1-2H2,3H3. The molecule has 13 heavy (non-hydrogen) atoms. The lowest BCUT2D eigenvalue weighted by Crippen LogP contribution is -2.02. The molecule has 0 saturated carbocycles. The summed E-state index contributed by atoms with van der Waals surface area (Å²) in [6.45, 7) is 11.0. The van der Waals surface area contributed by atoms with E-state index in [1.807, 2.05) is 6.92 Å². The SMILES string of the molecule is C=CC(=C)C.CCCCCC(O)O. The minimum Gasteiger partial charge on any atom is -0.368 e. The van der Waals surface area contributed by atoms with Gasteiger partial charge in [-0.15, -0.1) is 0 Å². The number of aliphatic hydroxyl groups excluding tert-OH is 1. The van der Waals surface area contributed by atoms with Crippen LogP contribution in [0.1, 0.15) is 39.5 Å². The van der Waals surface area contributed by atoms with Crippen molar-refractivity contribution < 1.29 is 10.2 Å². The van der Waals surface area contributed by atoms with E-state index >= 15 is 0 Å². The van der Waals surface area contributed by atoms with Crippen LogP contribution in [0.5, 0.6) is 0 Å². The molecule has 0 heterocycles. The van der Waals surface area contributed by atoms with Gasteiger partial charge in [-0.2, -0.15) is 0 Å². The Morgan fingerprint density at radius 3 is 2.08 bits per heavy atom. The zero-order valence-electron chi connectivity index (χ0n) is 8.79. The van der Waals surface area contributed by atoms with Gasteiger partial charge in [-0.25, -0.2) is 0 Å². The number of allylic oxidation sites excluding steroid dienone is 2. The zero-order valence-corrected chi connectivity index (χ0v) is 8.79. The maximum Gasteiger partial charge on any atom is 0.151 e. The summed E-state index contributed by atoms with van der Waals surface area (Å²) in [5, 5.41) is 16.7. The molecule has 0 radical (unpaired) electrons. The van der Waals surface area contributed by atoms with Crippen LogP contribution >= 0.6 is 0 Å². The highest BCUT2D eigenvalue weighted by atomic mass is 16.5. The number of hydrogen-bond donors (Lipinski definition) is 2. The van der Waals surface area contributed by atoms with Crippen LogP contribution < -0.4 is 0 Å². The highest BCUT2D eigenvalue weighted by Gasteiger charge is 1.93. The Morgan fingerprint density at radius 2 is 1.85 bits per heavy atom. The third-order valence-corrected chi connectivity index (χ3v) is 1.41. The lowest BCUT2D eigenvalue weighted by Gasteiger charge is -1.99. The van der Waals surface area contributed by atoms with Gasteiger partial charge in [0.05, 0.1) is 0 Å². The van der Waals surface area contributed by atoms with E-state index in [0.717, 1.165) is 24.8 Å². The molecule has 0 aliphatic carbocycles. The Kier molecular flexibility index (Phi) is 13.1. The predicted octanol–water partition coefficient (Wildman–Crippen LogP) is 2.63. The van der Waals surface area contributed by atoms with Crippen molar-refractivity contribution in [1.29, 1.82) is 0 Å². The number of unbranched alkanes of at least 4 members (excludes halogenated alkanes) is 2. The van der Waals surface area contributed by atoms with Crippen molar-refractivity contribution in [3.63, 3.8) is 0 Å². The highest BCUT2D eigenvalue weighted by Crippen LogP contribution is 1.99. The molecule has 0 aromatic heterocycles. The van der Waals surface area contributed by atoms with Crippen molar-refractivity contribution in [2.75, 3.05) is 0 Å². The van der Waals surface area contributed by atoms with E-state index < -0.39 is 6.29 Å². The van der Waals surface area contributed by atoms with E-state index in [2.05, 4.69) is 20.1 Å². The van der Waals surface area contributed by atoms with Crippen LogP contribution in [-0.4, -0.2) is 16.5 Å². The Bertz CT molecular complexity index is 128. The quantitative estimate of drug-likeness (QED) is 0.393. The van der Waals surface area contributed by atoms with E-state index in [1.165, 1.54) is 0 Å². The van der Waals surface area contributed by atoms with Crippen LogP contribution in [0.25, 0.3) is 0 Å². The van der Waals surface area contributed by atoms with Gasteiger partial charge in [0.2, 0.25) is 0 Å². The summed E-state index contributed by atoms with van der Waals surface area (Å²) in [6.07, 6.45) is 4.30. The summed E-state index contributed by atoms with van der Waals surface area (Å²) in [5.41, 5.74) is 1.02. The van der Waals surface area contributed by atoms with Crippen molar-refractivity contribution in [3.05, 3.63) is 24.8 Å². The molecule has 0 aliphatic heterocycles. The Balaban J connectivity index is 0. The Hall–Kier alpha value is -0.600. The molecule has 0 fully saturated rings. The molecule has 78 valence electrons. The lowest BCUT2D eigenvalue weighted by atomic mass is 10.2. The summed E-state index contributed by atoms with van der Waals surface area (Å²) in [5.74, 6) is 0. The van der Waals surface area contributed by atoms with Crippen LogP contribution in [0.3, 0.4) is 0 Å². The first-order valence-corrected chi connectivity index (χ1v) is 4.68. The average molecular weight is 186 g/mol. The van der Waals surface area contributed by atoms with Gasteiger partial charge < -0.3 is 10.2 Å². The molecule has 0 aliphatic rings. The first-order valence-electron chi connectivity index (χ1n) is 4.68. The van der Waals surface area contributed by atoms with Crippen LogP contribution in [0.4, 0.5) is 0 Å². The van der Waals surface area contributed by atoms with Gasteiger partial charge in [0.1, 0.15) is 0 Å². The summed E-state index contributed by atoms with van der Waals surface area (Å²) in [6, 6.07) is 0. The lowest BCUT2D eigenvalue weighted by molar-refractivity contribution is -0.0465. The average Bonchev–Trinajstić information content (AvgIpc) is 2.05. The molecule has 2 N–H and O–H groups in total. The number of aliphatic hydroxyl groups is 2. The van der Waals surface area contributed by atoms with Gasteiger partial charge in [-0.05, 0) is 19.8 Å². The Morgan fingerprint density at radius 1 is 1.38 bits per heavy atom.